The molecule has 0 radical (unpaired) electrons. The largest absolute Gasteiger partial charge is 0.281 e. The minimum atomic E-state index is -1.11. The molecular formula is C24H24ClN5OS2. The number of aromatic nitrogens is 4. The Morgan fingerprint density at radius 3 is 2.64 bits per heavy atom. The quantitative estimate of drug-likeness (QED) is 0.370. The van der Waals surface area contributed by atoms with Crippen molar-refractivity contribution in [3.8, 4) is 5.69 Å². The van der Waals surface area contributed by atoms with Gasteiger partial charge in [0.1, 0.15) is 5.82 Å². The summed E-state index contributed by atoms with van der Waals surface area (Å²) in [5, 5.41) is 11.2. The normalized spacial score (nSPS) is 22.0. The van der Waals surface area contributed by atoms with Crippen molar-refractivity contribution in [1.82, 2.24) is 23.4 Å². The van der Waals surface area contributed by atoms with Gasteiger partial charge in [-0.2, -0.15) is 4.37 Å². The van der Waals surface area contributed by atoms with Gasteiger partial charge in [0.25, 0.3) is 0 Å². The first-order valence-corrected chi connectivity index (χ1v) is 13.9. The Labute approximate surface area is 204 Å². The third-order valence-corrected chi connectivity index (χ3v) is 9.01. The summed E-state index contributed by atoms with van der Waals surface area (Å²) in [5.74, 6) is 2.69. The van der Waals surface area contributed by atoms with Gasteiger partial charge in [0.15, 0.2) is 5.82 Å². The zero-order chi connectivity index (χ0) is 22.5. The maximum absolute atomic E-state index is 12.3. The van der Waals surface area contributed by atoms with Crippen LogP contribution >= 0.6 is 23.1 Å². The molecule has 1 aliphatic heterocycles. The van der Waals surface area contributed by atoms with Crippen LogP contribution in [0.1, 0.15) is 60.4 Å². The summed E-state index contributed by atoms with van der Waals surface area (Å²) in [4.78, 5) is 0. The van der Waals surface area contributed by atoms with Gasteiger partial charge in [-0.1, -0.05) is 29.8 Å². The van der Waals surface area contributed by atoms with Crippen molar-refractivity contribution in [3.63, 3.8) is 0 Å². The maximum Gasteiger partial charge on any atom is 0.152 e. The minimum Gasteiger partial charge on any atom is -0.281 e. The molecule has 3 heterocycles. The number of nitrogens with zero attached hydrogens (tertiary/aromatic N) is 5. The van der Waals surface area contributed by atoms with E-state index in [2.05, 4.69) is 39.0 Å². The Morgan fingerprint density at radius 1 is 1.03 bits per heavy atom. The lowest BCUT2D eigenvalue weighted by atomic mass is 9.79. The summed E-state index contributed by atoms with van der Waals surface area (Å²) in [7, 11) is -1.11. The first kappa shape index (κ1) is 21.4. The average Bonchev–Trinajstić information content (AvgIpc) is 3.39. The second kappa shape index (κ2) is 8.58. The number of hydrogen-bond acceptors (Lipinski definition) is 5. The topological polar surface area (TPSA) is 63.9 Å². The molecule has 9 heteroatoms. The number of benzene rings is 2. The smallest absolute Gasteiger partial charge is 0.152 e. The molecule has 2 aromatic heterocycles. The molecular weight excluding hydrogens is 474 g/mol. The SMILES string of the molecule is CS(=O)N1Cc2cc(Cl)ccc2-n2c(nnc2C2CCC(c3nsc4ccccc34)CC2)C1. The van der Waals surface area contributed by atoms with E-state index in [4.69, 9.17) is 16.0 Å². The number of fused-ring (bicyclic) bond motifs is 4. The highest BCUT2D eigenvalue weighted by molar-refractivity contribution is 7.81. The van der Waals surface area contributed by atoms with Crippen LogP contribution in [0.5, 0.6) is 0 Å². The maximum atomic E-state index is 12.3. The molecule has 1 fully saturated rings. The molecule has 0 bridgehead atoms. The van der Waals surface area contributed by atoms with Crippen molar-refractivity contribution in [2.24, 2.45) is 0 Å². The molecule has 4 aromatic rings. The monoisotopic (exact) mass is 497 g/mol. The predicted molar refractivity (Wildman–Crippen MR) is 133 cm³/mol. The number of hydrogen-bond donors (Lipinski definition) is 0. The van der Waals surface area contributed by atoms with Gasteiger partial charge in [-0.05, 0) is 67.0 Å². The fraction of sp³-hybridized carbons (Fsp3) is 0.375. The van der Waals surface area contributed by atoms with E-state index in [9.17, 15) is 4.21 Å². The summed E-state index contributed by atoms with van der Waals surface area (Å²) < 4.78 is 22.5. The number of halogens is 1. The predicted octanol–water partition coefficient (Wildman–Crippen LogP) is 5.58. The van der Waals surface area contributed by atoms with Gasteiger partial charge in [0.2, 0.25) is 0 Å². The molecule has 1 unspecified atom stereocenters. The van der Waals surface area contributed by atoms with Crippen LogP contribution in [0.2, 0.25) is 5.02 Å². The molecule has 6 nitrogen and oxygen atoms in total. The molecule has 6 rings (SSSR count). The molecule has 0 amide bonds. The number of rotatable bonds is 3. The molecule has 1 aliphatic carbocycles. The molecule has 2 aromatic carbocycles. The van der Waals surface area contributed by atoms with Crippen molar-refractivity contribution < 1.29 is 4.21 Å². The summed E-state index contributed by atoms with van der Waals surface area (Å²) in [6, 6.07) is 14.5. The van der Waals surface area contributed by atoms with Gasteiger partial charge in [-0.3, -0.25) is 4.57 Å². The fourth-order valence-corrected chi connectivity index (χ4v) is 6.94. The van der Waals surface area contributed by atoms with Crippen LogP contribution in [0.3, 0.4) is 0 Å². The summed E-state index contributed by atoms with van der Waals surface area (Å²) >= 11 is 7.92. The summed E-state index contributed by atoms with van der Waals surface area (Å²) in [5.41, 5.74) is 3.37. The van der Waals surface area contributed by atoms with Crippen LogP contribution in [-0.4, -0.2) is 33.9 Å². The van der Waals surface area contributed by atoms with E-state index in [1.165, 1.54) is 15.8 Å². The zero-order valence-corrected chi connectivity index (χ0v) is 20.7. The van der Waals surface area contributed by atoms with E-state index in [1.807, 2.05) is 22.5 Å². The van der Waals surface area contributed by atoms with Crippen molar-refractivity contribution in [2.45, 2.75) is 50.6 Å². The van der Waals surface area contributed by atoms with Gasteiger partial charge >= 0.3 is 0 Å². The van der Waals surface area contributed by atoms with Crippen molar-refractivity contribution in [3.05, 3.63) is 70.4 Å². The Morgan fingerprint density at radius 2 is 1.82 bits per heavy atom. The highest BCUT2D eigenvalue weighted by Crippen LogP contribution is 2.43. The first-order chi connectivity index (χ1) is 16.1. The Kier molecular flexibility index (Phi) is 5.57. The molecule has 33 heavy (non-hydrogen) atoms. The van der Waals surface area contributed by atoms with E-state index in [0.717, 1.165) is 48.6 Å². The third-order valence-electron chi connectivity index (χ3n) is 6.95. The van der Waals surface area contributed by atoms with E-state index >= 15 is 0 Å². The molecule has 1 atom stereocenters. The van der Waals surface area contributed by atoms with Crippen LogP contribution in [0.4, 0.5) is 0 Å². The Hall–Kier alpha value is -2.13. The Bertz CT molecular complexity index is 1360. The van der Waals surface area contributed by atoms with E-state index in [-0.39, 0.29) is 0 Å². The second-order valence-electron chi connectivity index (χ2n) is 8.92. The average molecular weight is 498 g/mol. The minimum absolute atomic E-state index is 0.342. The van der Waals surface area contributed by atoms with Crippen LogP contribution in [0, 0.1) is 0 Å². The van der Waals surface area contributed by atoms with E-state index in [1.54, 1.807) is 17.8 Å². The van der Waals surface area contributed by atoms with Gasteiger partial charge in [-0.25, -0.2) is 8.51 Å². The fourth-order valence-electron chi connectivity index (χ4n) is 5.27. The van der Waals surface area contributed by atoms with Gasteiger partial charge in [0, 0.05) is 35.0 Å². The second-order valence-corrected chi connectivity index (χ2v) is 11.5. The van der Waals surface area contributed by atoms with Crippen LogP contribution in [0.15, 0.2) is 42.5 Å². The van der Waals surface area contributed by atoms with Crippen molar-refractivity contribution in [1.29, 1.82) is 0 Å². The van der Waals surface area contributed by atoms with Crippen LogP contribution in [0.25, 0.3) is 15.8 Å². The lowest BCUT2D eigenvalue weighted by Gasteiger charge is -2.28. The molecule has 2 aliphatic rings. The Balaban J connectivity index is 1.31. The first-order valence-electron chi connectivity index (χ1n) is 11.2. The van der Waals surface area contributed by atoms with Gasteiger partial charge in [0.05, 0.1) is 33.6 Å². The summed E-state index contributed by atoms with van der Waals surface area (Å²) in [6.07, 6.45) is 6.01. The van der Waals surface area contributed by atoms with Crippen LogP contribution < -0.4 is 0 Å². The molecule has 170 valence electrons. The molecule has 0 N–H and O–H groups in total. The van der Waals surface area contributed by atoms with Gasteiger partial charge < -0.3 is 0 Å². The van der Waals surface area contributed by atoms with Crippen LogP contribution in [-0.2, 0) is 24.1 Å². The lowest BCUT2D eigenvalue weighted by Crippen LogP contribution is -2.23. The highest BCUT2D eigenvalue weighted by atomic mass is 35.5. The molecule has 0 saturated heterocycles. The van der Waals surface area contributed by atoms with E-state index in [0.29, 0.717) is 29.9 Å². The van der Waals surface area contributed by atoms with E-state index < -0.39 is 11.0 Å². The van der Waals surface area contributed by atoms with Gasteiger partial charge in [-0.15, -0.1) is 10.2 Å². The third kappa shape index (κ3) is 3.83. The lowest BCUT2D eigenvalue weighted by molar-refractivity contribution is 0.380. The molecule has 0 spiro atoms. The standard InChI is InChI=1S/C24H24ClN5OS2/c1-33(31)29-13-17-12-18(25)10-11-20(17)30-22(14-29)26-27-24(30)16-8-6-15(7-9-16)23-19-4-2-3-5-21(19)32-28-23/h2-5,10-12,15-16H,6-9,13-14H2,1H3. The van der Waals surface area contributed by atoms with Crippen molar-refractivity contribution >= 4 is 44.2 Å². The summed E-state index contributed by atoms with van der Waals surface area (Å²) in [6.45, 7) is 1.08. The zero-order valence-electron chi connectivity index (χ0n) is 18.3. The van der Waals surface area contributed by atoms with Crippen molar-refractivity contribution in [2.75, 3.05) is 6.26 Å². The highest BCUT2D eigenvalue weighted by Gasteiger charge is 2.32. The molecule has 1 saturated carbocycles.